The number of aromatic amines is 1. The second-order valence-corrected chi connectivity index (χ2v) is 8.36. The largest absolute Gasteiger partial charge is 0.326 e. The van der Waals surface area contributed by atoms with Crippen LogP contribution in [-0.2, 0) is 11.2 Å². The topological polar surface area (TPSA) is 69.8 Å². The lowest BCUT2D eigenvalue weighted by molar-refractivity contribution is -0.117. The Bertz CT molecular complexity index is 1140. The van der Waals surface area contributed by atoms with Crippen LogP contribution in [0.25, 0.3) is 11.0 Å². The number of imidazole rings is 1. The molecule has 0 saturated carbocycles. The molecule has 0 aliphatic carbocycles. The molecular formula is C26H28N4O. The minimum atomic E-state index is -0.236. The molecule has 0 fully saturated rings. The summed E-state index contributed by atoms with van der Waals surface area (Å²) in [5, 5.41) is 6.30. The molecule has 0 radical (unpaired) electrons. The molecule has 1 amide bonds. The number of rotatable bonds is 7. The van der Waals surface area contributed by atoms with Crippen LogP contribution >= 0.6 is 0 Å². The van der Waals surface area contributed by atoms with Gasteiger partial charge in [-0.15, -0.1) is 0 Å². The average molecular weight is 413 g/mol. The third-order valence-electron chi connectivity index (χ3n) is 5.30. The van der Waals surface area contributed by atoms with Crippen molar-refractivity contribution < 1.29 is 4.79 Å². The normalized spacial score (nSPS) is 12.1. The second-order valence-electron chi connectivity index (χ2n) is 8.36. The van der Waals surface area contributed by atoms with Crippen molar-refractivity contribution in [3.63, 3.8) is 0 Å². The fourth-order valence-corrected chi connectivity index (χ4v) is 3.64. The van der Waals surface area contributed by atoms with Gasteiger partial charge in [0.15, 0.2) is 0 Å². The van der Waals surface area contributed by atoms with Crippen molar-refractivity contribution in [3.8, 4) is 0 Å². The molecule has 4 rings (SSSR count). The van der Waals surface area contributed by atoms with Gasteiger partial charge in [0.2, 0.25) is 11.9 Å². The van der Waals surface area contributed by atoms with Gasteiger partial charge in [-0.1, -0.05) is 56.3 Å². The van der Waals surface area contributed by atoms with E-state index in [1.54, 1.807) is 0 Å². The Morgan fingerprint density at radius 2 is 1.68 bits per heavy atom. The Kier molecular flexibility index (Phi) is 6.03. The van der Waals surface area contributed by atoms with E-state index in [2.05, 4.69) is 58.7 Å². The van der Waals surface area contributed by atoms with Crippen LogP contribution in [0.4, 0.5) is 17.3 Å². The zero-order chi connectivity index (χ0) is 21.8. The molecule has 0 spiro atoms. The summed E-state index contributed by atoms with van der Waals surface area (Å²) < 4.78 is 0. The highest BCUT2D eigenvalue weighted by Gasteiger charge is 2.16. The SMILES string of the molecule is CC(C)Cc1ccc(C(C)C(=O)Nc2cccc(Nc3nc4ccccc4[nH]3)c2)cc1. The highest BCUT2D eigenvalue weighted by atomic mass is 16.1. The molecule has 1 aromatic heterocycles. The zero-order valence-electron chi connectivity index (χ0n) is 18.1. The molecule has 4 aromatic rings. The summed E-state index contributed by atoms with van der Waals surface area (Å²) in [4.78, 5) is 20.6. The van der Waals surface area contributed by atoms with Crippen molar-refractivity contribution in [2.24, 2.45) is 5.92 Å². The van der Waals surface area contributed by atoms with Gasteiger partial charge in [-0.3, -0.25) is 4.79 Å². The van der Waals surface area contributed by atoms with Gasteiger partial charge in [-0.05, 0) is 60.7 Å². The third kappa shape index (κ3) is 5.12. The van der Waals surface area contributed by atoms with Crippen LogP contribution in [0.3, 0.4) is 0 Å². The average Bonchev–Trinajstić information content (AvgIpc) is 3.16. The van der Waals surface area contributed by atoms with Crippen molar-refractivity contribution in [3.05, 3.63) is 83.9 Å². The van der Waals surface area contributed by atoms with E-state index in [1.807, 2.05) is 55.5 Å². The summed E-state index contributed by atoms with van der Waals surface area (Å²) >= 11 is 0. The van der Waals surface area contributed by atoms with Gasteiger partial charge < -0.3 is 15.6 Å². The van der Waals surface area contributed by atoms with Crippen LogP contribution in [0.1, 0.15) is 37.8 Å². The van der Waals surface area contributed by atoms with E-state index in [0.29, 0.717) is 11.9 Å². The minimum Gasteiger partial charge on any atom is -0.326 e. The van der Waals surface area contributed by atoms with E-state index in [9.17, 15) is 4.79 Å². The predicted octanol–water partition coefficient (Wildman–Crippen LogP) is 6.25. The monoisotopic (exact) mass is 412 g/mol. The molecule has 5 heteroatoms. The van der Waals surface area contributed by atoms with Crippen molar-refractivity contribution >= 4 is 34.3 Å². The summed E-state index contributed by atoms with van der Waals surface area (Å²) in [7, 11) is 0. The molecule has 0 aliphatic rings. The van der Waals surface area contributed by atoms with E-state index in [4.69, 9.17) is 0 Å². The van der Waals surface area contributed by atoms with E-state index in [-0.39, 0.29) is 11.8 Å². The molecule has 0 saturated heterocycles. The number of hydrogen-bond donors (Lipinski definition) is 3. The number of nitrogens with one attached hydrogen (secondary N) is 3. The first-order chi connectivity index (χ1) is 15.0. The third-order valence-corrected chi connectivity index (χ3v) is 5.30. The first-order valence-electron chi connectivity index (χ1n) is 10.7. The molecule has 5 nitrogen and oxygen atoms in total. The van der Waals surface area contributed by atoms with Crippen molar-refractivity contribution in [1.29, 1.82) is 0 Å². The number of carbonyl (C=O) groups excluding carboxylic acids is 1. The van der Waals surface area contributed by atoms with Gasteiger partial charge in [-0.25, -0.2) is 4.98 Å². The number of anilines is 3. The van der Waals surface area contributed by atoms with E-state index in [1.165, 1.54) is 5.56 Å². The number of carbonyl (C=O) groups is 1. The number of aromatic nitrogens is 2. The Morgan fingerprint density at radius 1 is 0.935 bits per heavy atom. The molecule has 1 unspecified atom stereocenters. The first kappa shape index (κ1) is 20.7. The zero-order valence-corrected chi connectivity index (χ0v) is 18.1. The Balaban J connectivity index is 1.42. The quantitative estimate of drug-likeness (QED) is 0.336. The summed E-state index contributed by atoms with van der Waals surface area (Å²) in [6.07, 6.45) is 1.05. The van der Waals surface area contributed by atoms with Crippen LogP contribution in [0.5, 0.6) is 0 Å². The lowest BCUT2D eigenvalue weighted by atomic mass is 9.96. The van der Waals surface area contributed by atoms with Crippen molar-refractivity contribution in [2.45, 2.75) is 33.1 Å². The lowest BCUT2D eigenvalue weighted by Crippen LogP contribution is -2.19. The summed E-state index contributed by atoms with van der Waals surface area (Å²) in [5.41, 5.74) is 5.79. The standard InChI is InChI=1S/C26H28N4O/c1-17(2)15-19-11-13-20(14-12-19)18(3)25(31)27-21-7-6-8-22(16-21)28-26-29-23-9-4-5-10-24(23)30-26/h4-14,16-18H,15H2,1-3H3,(H,27,31)(H2,28,29,30). The summed E-state index contributed by atoms with van der Waals surface area (Å²) in [5.74, 6) is 1.02. The number of para-hydroxylation sites is 2. The van der Waals surface area contributed by atoms with Gasteiger partial charge in [0.1, 0.15) is 0 Å². The van der Waals surface area contributed by atoms with Crippen LogP contribution in [-0.4, -0.2) is 15.9 Å². The number of amides is 1. The molecule has 0 bridgehead atoms. The van der Waals surface area contributed by atoms with Gasteiger partial charge in [-0.2, -0.15) is 0 Å². The van der Waals surface area contributed by atoms with E-state index < -0.39 is 0 Å². The Hall–Kier alpha value is -3.60. The van der Waals surface area contributed by atoms with E-state index >= 15 is 0 Å². The first-order valence-corrected chi connectivity index (χ1v) is 10.7. The van der Waals surface area contributed by atoms with Gasteiger partial charge in [0, 0.05) is 11.4 Å². The number of benzene rings is 3. The van der Waals surface area contributed by atoms with Crippen molar-refractivity contribution in [2.75, 3.05) is 10.6 Å². The summed E-state index contributed by atoms with van der Waals surface area (Å²) in [6, 6.07) is 23.9. The number of fused-ring (bicyclic) bond motifs is 1. The molecule has 31 heavy (non-hydrogen) atoms. The summed E-state index contributed by atoms with van der Waals surface area (Å²) in [6.45, 7) is 6.35. The molecule has 0 aliphatic heterocycles. The Labute approximate surface area is 182 Å². The maximum absolute atomic E-state index is 12.8. The van der Waals surface area contributed by atoms with Crippen LogP contribution in [0.2, 0.25) is 0 Å². The van der Waals surface area contributed by atoms with Crippen LogP contribution < -0.4 is 10.6 Å². The second kappa shape index (κ2) is 9.04. The lowest BCUT2D eigenvalue weighted by Gasteiger charge is -2.14. The molecular weight excluding hydrogens is 384 g/mol. The highest BCUT2D eigenvalue weighted by Crippen LogP contribution is 2.23. The maximum Gasteiger partial charge on any atom is 0.231 e. The maximum atomic E-state index is 12.8. The van der Waals surface area contributed by atoms with Gasteiger partial charge in [0.25, 0.3) is 0 Å². The fourth-order valence-electron chi connectivity index (χ4n) is 3.64. The smallest absolute Gasteiger partial charge is 0.231 e. The van der Waals surface area contributed by atoms with E-state index in [0.717, 1.165) is 34.4 Å². The van der Waals surface area contributed by atoms with Crippen LogP contribution in [0, 0.1) is 5.92 Å². The van der Waals surface area contributed by atoms with Gasteiger partial charge >= 0.3 is 0 Å². The highest BCUT2D eigenvalue weighted by molar-refractivity contribution is 5.96. The fraction of sp³-hybridized carbons (Fsp3) is 0.231. The molecule has 3 N–H and O–H groups in total. The van der Waals surface area contributed by atoms with Crippen LogP contribution in [0.15, 0.2) is 72.8 Å². The van der Waals surface area contributed by atoms with Crippen molar-refractivity contribution in [1.82, 2.24) is 9.97 Å². The Morgan fingerprint density at radius 3 is 2.42 bits per heavy atom. The molecule has 158 valence electrons. The van der Waals surface area contributed by atoms with Gasteiger partial charge in [0.05, 0.1) is 17.0 Å². The number of H-pyrrole nitrogens is 1. The number of nitrogens with zero attached hydrogens (tertiary/aromatic N) is 1. The number of hydrogen-bond acceptors (Lipinski definition) is 3. The predicted molar refractivity (Wildman–Crippen MR) is 128 cm³/mol. The minimum absolute atomic E-state index is 0.0301. The molecule has 3 aromatic carbocycles. The molecule has 1 atom stereocenters. The molecule has 1 heterocycles.